The number of fused-ring (bicyclic) bond motifs is 1. The van der Waals surface area contributed by atoms with Gasteiger partial charge >= 0.3 is 12.1 Å². The van der Waals surface area contributed by atoms with Gasteiger partial charge in [0.1, 0.15) is 18.0 Å². The Labute approximate surface area is 228 Å². The lowest BCUT2D eigenvalue weighted by atomic mass is 9.99. The van der Waals surface area contributed by atoms with E-state index < -0.39 is 41.5 Å². The van der Waals surface area contributed by atoms with E-state index in [9.17, 15) is 19.2 Å². The van der Waals surface area contributed by atoms with Crippen LogP contribution in [-0.2, 0) is 30.5 Å². The van der Waals surface area contributed by atoms with E-state index in [2.05, 4.69) is 10.3 Å². The van der Waals surface area contributed by atoms with Crippen LogP contribution in [0.15, 0.2) is 107 Å². The van der Waals surface area contributed by atoms with E-state index in [1.54, 1.807) is 0 Å². The van der Waals surface area contributed by atoms with E-state index in [4.69, 9.17) is 9.47 Å². The molecule has 39 heavy (non-hydrogen) atoms. The lowest BCUT2D eigenvalue weighted by Crippen LogP contribution is -2.73. The summed E-state index contributed by atoms with van der Waals surface area (Å²) in [6.07, 6.45) is -0.0687. The molecule has 3 aromatic rings. The molecule has 196 valence electrons. The van der Waals surface area contributed by atoms with Crippen LogP contribution in [0, 0.1) is 0 Å². The lowest BCUT2D eigenvalue weighted by Gasteiger charge is -2.50. The number of hydrogen-bond acceptors (Lipinski definition) is 8. The van der Waals surface area contributed by atoms with Crippen molar-refractivity contribution < 1.29 is 28.7 Å². The summed E-state index contributed by atoms with van der Waals surface area (Å²) in [5, 5.41) is 3.47. The van der Waals surface area contributed by atoms with Crippen LogP contribution >= 0.6 is 11.8 Å². The van der Waals surface area contributed by atoms with Gasteiger partial charge in [0.05, 0.1) is 5.70 Å². The maximum Gasteiger partial charge on any atom is 0.408 e. The molecule has 0 spiro atoms. The normalized spacial score (nSPS) is 19.6. The van der Waals surface area contributed by atoms with Gasteiger partial charge in [-0.1, -0.05) is 91.0 Å². The predicted octanol–water partition coefficient (Wildman–Crippen LogP) is 4.08. The van der Waals surface area contributed by atoms with Crippen molar-refractivity contribution in [1.29, 1.82) is 0 Å². The van der Waals surface area contributed by atoms with Gasteiger partial charge in [-0.15, -0.1) is 11.8 Å². The molecule has 0 saturated carbocycles. The Hall–Kier alpha value is -4.66. The number of amides is 2. The van der Waals surface area contributed by atoms with Gasteiger partial charge in [0, 0.05) is 0 Å². The Morgan fingerprint density at radius 1 is 0.949 bits per heavy atom. The molecule has 0 bridgehead atoms. The van der Waals surface area contributed by atoms with Gasteiger partial charge in [-0.3, -0.25) is 4.79 Å². The molecule has 3 atom stereocenters. The number of carbonyl (C=O) groups is 3. The van der Waals surface area contributed by atoms with Gasteiger partial charge < -0.3 is 19.7 Å². The lowest BCUT2D eigenvalue weighted by molar-refractivity contribution is -0.164. The largest absolute Gasteiger partial charge is 0.451 e. The van der Waals surface area contributed by atoms with E-state index in [1.807, 2.05) is 91.0 Å². The molecule has 0 aromatic heterocycles. The topological polar surface area (TPSA) is 114 Å². The molecule has 3 aromatic carbocycles. The Balaban J connectivity index is 1.33. The van der Waals surface area contributed by atoms with Crippen molar-refractivity contribution in [3.63, 3.8) is 0 Å². The highest BCUT2D eigenvalue weighted by molar-refractivity contribution is 8.02. The summed E-state index contributed by atoms with van der Waals surface area (Å²) in [5.74, 6) is -1.28. The molecule has 5 rings (SSSR count). The minimum absolute atomic E-state index is 0.0366. The van der Waals surface area contributed by atoms with Gasteiger partial charge in [-0.25, -0.2) is 14.4 Å². The summed E-state index contributed by atoms with van der Waals surface area (Å²) in [5.41, 5.74) is 2.31. The Bertz CT molecular complexity index is 1390. The maximum atomic E-state index is 13.6. The van der Waals surface area contributed by atoms with E-state index in [1.165, 1.54) is 16.4 Å². The van der Waals surface area contributed by atoms with E-state index in [0.717, 1.165) is 28.5 Å². The summed E-state index contributed by atoms with van der Waals surface area (Å²) >= 11 is 1.15. The number of benzene rings is 3. The Morgan fingerprint density at radius 3 is 2.13 bits per heavy atom. The van der Waals surface area contributed by atoms with Crippen molar-refractivity contribution >= 4 is 35.8 Å². The summed E-state index contributed by atoms with van der Waals surface area (Å²) in [7, 11) is 0. The third kappa shape index (κ3) is 5.62. The number of rotatable bonds is 8. The van der Waals surface area contributed by atoms with Gasteiger partial charge in [0.25, 0.3) is 0 Å². The van der Waals surface area contributed by atoms with Crippen LogP contribution in [0.25, 0.3) is 0 Å². The molecule has 1 saturated heterocycles. The smallest absolute Gasteiger partial charge is 0.408 e. The number of aliphatic imine (C=N–C) groups is 1. The minimum atomic E-state index is -1.28. The molecule has 2 unspecified atom stereocenters. The standard InChI is InChI=1S/C29H23N3O6S/c33-18-30-22-17-39-27-23(31-29(36)37-16-19-10-4-1-5-11-19)26(34)32(27)24(22)28(35)38-25(20-12-6-2-7-13-20)21-14-8-3-9-15-21/h1-15,17,23-25,27H,16H2,(H,31,36)/t23?,24?,27-/m1/s1. The van der Waals surface area contributed by atoms with Crippen molar-refractivity contribution in [2.45, 2.75) is 30.2 Å². The molecule has 9 nitrogen and oxygen atoms in total. The highest BCUT2D eigenvalue weighted by Crippen LogP contribution is 2.41. The summed E-state index contributed by atoms with van der Waals surface area (Å²) < 4.78 is 11.2. The van der Waals surface area contributed by atoms with Crippen molar-refractivity contribution in [3.8, 4) is 0 Å². The first kappa shape index (κ1) is 26.0. The van der Waals surface area contributed by atoms with E-state index in [0.29, 0.717) is 0 Å². The zero-order chi connectivity index (χ0) is 27.2. The van der Waals surface area contributed by atoms with Crippen LogP contribution in [0.4, 0.5) is 4.79 Å². The van der Waals surface area contributed by atoms with E-state index >= 15 is 0 Å². The molecule has 2 aliphatic rings. The first-order valence-corrected chi connectivity index (χ1v) is 13.0. The first-order valence-electron chi connectivity index (χ1n) is 12.1. The van der Waals surface area contributed by atoms with E-state index in [-0.39, 0.29) is 12.3 Å². The summed E-state index contributed by atoms with van der Waals surface area (Å²) in [6, 6.07) is 25.3. The van der Waals surface area contributed by atoms with Gasteiger partial charge in [0.15, 0.2) is 12.1 Å². The van der Waals surface area contributed by atoms with Gasteiger partial charge in [0.2, 0.25) is 12.0 Å². The first-order chi connectivity index (χ1) is 19.1. The summed E-state index contributed by atoms with van der Waals surface area (Å²) in [4.78, 5) is 55.2. The molecular formula is C29H23N3O6S. The number of thioether (sulfide) groups is 1. The Morgan fingerprint density at radius 2 is 1.54 bits per heavy atom. The number of esters is 1. The second-order valence-electron chi connectivity index (χ2n) is 8.74. The maximum absolute atomic E-state index is 13.6. The fourth-order valence-electron chi connectivity index (χ4n) is 4.42. The van der Waals surface area contributed by atoms with Crippen LogP contribution in [0.5, 0.6) is 0 Å². The number of hydrogen-bond donors (Lipinski definition) is 1. The number of β-lactam (4-membered cyclic amide) rings is 1. The van der Waals surface area contributed by atoms with Crippen molar-refractivity contribution in [2.75, 3.05) is 0 Å². The number of isocyanates is 1. The number of nitrogens with zero attached hydrogens (tertiary/aromatic N) is 2. The van der Waals surface area contributed by atoms with Gasteiger partial charge in [-0.2, -0.15) is 4.99 Å². The second-order valence-corrected chi connectivity index (χ2v) is 9.73. The van der Waals surface area contributed by atoms with Crippen LogP contribution < -0.4 is 5.32 Å². The monoisotopic (exact) mass is 541 g/mol. The van der Waals surface area contributed by atoms with Gasteiger partial charge in [-0.05, 0) is 22.1 Å². The number of alkyl carbamates (subject to hydrolysis) is 1. The molecule has 2 heterocycles. The highest BCUT2D eigenvalue weighted by atomic mass is 32.2. The molecule has 2 aliphatic heterocycles. The molecule has 0 aliphatic carbocycles. The summed E-state index contributed by atoms with van der Waals surface area (Å²) in [6.45, 7) is 0.0442. The zero-order valence-corrected chi connectivity index (χ0v) is 21.3. The fraction of sp³-hybridized carbons (Fsp3) is 0.172. The highest BCUT2D eigenvalue weighted by Gasteiger charge is 2.57. The van der Waals surface area contributed by atoms with Crippen LogP contribution in [0.2, 0.25) is 0 Å². The molecular weight excluding hydrogens is 518 g/mol. The zero-order valence-electron chi connectivity index (χ0n) is 20.5. The molecule has 2 amide bonds. The number of nitrogens with one attached hydrogen (secondary N) is 1. The van der Waals surface area contributed by atoms with Crippen molar-refractivity contribution in [1.82, 2.24) is 10.2 Å². The third-order valence-electron chi connectivity index (χ3n) is 6.29. The fourth-order valence-corrected chi connectivity index (χ4v) is 5.57. The molecule has 10 heteroatoms. The Kier molecular flexibility index (Phi) is 7.86. The predicted molar refractivity (Wildman–Crippen MR) is 143 cm³/mol. The number of ether oxygens (including phenoxy) is 2. The molecule has 0 radical (unpaired) electrons. The number of carbonyl (C=O) groups excluding carboxylic acids is 4. The van der Waals surface area contributed by atoms with Crippen LogP contribution in [-0.4, -0.2) is 46.4 Å². The molecule has 1 N–H and O–H groups in total. The SMILES string of the molecule is O=C=NC1=CS[C@@H]2C(NC(=O)OCc3ccccc3)C(=O)N2C1C(=O)OC(c1ccccc1)c1ccccc1. The quantitative estimate of drug-likeness (QED) is 0.198. The average molecular weight is 542 g/mol. The second kappa shape index (κ2) is 11.8. The average Bonchev–Trinajstić information content (AvgIpc) is 2.98. The van der Waals surface area contributed by atoms with Crippen molar-refractivity contribution in [2.24, 2.45) is 4.99 Å². The van der Waals surface area contributed by atoms with Crippen LogP contribution in [0.3, 0.4) is 0 Å². The van der Waals surface area contributed by atoms with Crippen LogP contribution in [0.1, 0.15) is 22.8 Å². The molecule has 1 fully saturated rings. The van der Waals surface area contributed by atoms with Crippen molar-refractivity contribution in [3.05, 3.63) is 119 Å². The third-order valence-corrected chi connectivity index (χ3v) is 7.44. The minimum Gasteiger partial charge on any atom is -0.451 e.